The normalized spacial score (nSPS) is 25.1. The number of carbonyl (C=O) groups excluding carboxylic acids is 1. The van der Waals surface area contributed by atoms with Gasteiger partial charge in [-0.2, -0.15) is 0 Å². The monoisotopic (exact) mass is 355 g/mol. The van der Waals surface area contributed by atoms with Gasteiger partial charge in [-0.15, -0.1) is 0 Å². The third-order valence-corrected chi connectivity index (χ3v) is 4.68. The smallest absolute Gasteiger partial charge is 0.317 e. The molecule has 2 atom stereocenters. The van der Waals surface area contributed by atoms with Crippen molar-refractivity contribution in [2.45, 2.75) is 31.4 Å². The Balaban J connectivity index is 1.60. The number of nitrogens with one attached hydrogen (secondary N) is 1. The maximum absolute atomic E-state index is 13.6. The van der Waals surface area contributed by atoms with E-state index in [1.807, 2.05) is 6.07 Å². The van der Waals surface area contributed by atoms with Gasteiger partial charge in [-0.3, -0.25) is 4.98 Å². The summed E-state index contributed by atoms with van der Waals surface area (Å²) in [5.41, 5.74) is 2.03. The lowest BCUT2D eigenvalue weighted by Gasteiger charge is -2.24. The van der Waals surface area contributed by atoms with Gasteiger partial charge in [0.15, 0.2) is 0 Å². The Hall–Kier alpha value is -1.80. The first-order valence-corrected chi connectivity index (χ1v) is 8.42. The van der Waals surface area contributed by atoms with E-state index in [1.165, 1.54) is 4.90 Å². The standard InChI is InChI=1S/C17H23F2N3O3/c1-22(16(23)21-15-10-25-11-17(15,18)19)8-13-2-4-20-7-14(13)6-12-3-5-24-9-12/h2,4,7,12,15H,3,5-6,8-11H2,1H3,(H,21,23)/t12-,15+/m1/s1. The van der Waals surface area contributed by atoms with Crippen LogP contribution in [-0.4, -0.2) is 61.4 Å². The van der Waals surface area contributed by atoms with Crippen molar-refractivity contribution in [2.75, 3.05) is 33.5 Å². The summed E-state index contributed by atoms with van der Waals surface area (Å²) in [6, 6.07) is 0.0412. The highest BCUT2D eigenvalue weighted by atomic mass is 19.3. The zero-order chi connectivity index (χ0) is 17.9. The van der Waals surface area contributed by atoms with Crippen molar-refractivity contribution in [2.24, 2.45) is 5.92 Å². The predicted octanol–water partition coefficient (Wildman–Crippen LogP) is 1.84. The van der Waals surface area contributed by atoms with Crippen LogP contribution in [0.2, 0.25) is 0 Å². The molecular formula is C17H23F2N3O3. The summed E-state index contributed by atoms with van der Waals surface area (Å²) in [6.07, 6.45) is 5.33. The van der Waals surface area contributed by atoms with Crippen LogP contribution in [0.15, 0.2) is 18.5 Å². The van der Waals surface area contributed by atoms with Crippen molar-refractivity contribution < 1.29 is 23.0 Å². The zero-order valence-electron chi connectivity index (χ0n) is 14.2. The number of ether oxygens (including phenoxy) is 2. The van der Waals surface area contributed by atoms with Crippen LogP contribution >= 0.6 is 0 Å². The molecule has 0 bridgehead atoms. The number of nitrogens with zero attached hydrogens (tertiary/aromatic N) is 2. The lowest BCUT2D eigenvalue weighted by atomic mass is 9.96. The number of amides is 2. The summed E-state index contributed by atoms with van der Waals surface area (Å²) < 4.78 is 37.3. The van der Waals surface area contributed by atoms with E-state index in [2.05, 4.69) is 10.3 Å². The Kier molecular flexibility index (Phi) is 5.48. The van der Waals surface area contributed by atoms with Crippen LogP contribution in [0.25, 0.3) is 0 Å². The van der Waals surface area contributed by atoms with Crippen LogP contribution in [0.4, 0.5) is 13.6 Å². The van der Waals surface area contributed by atoms with Crippen molar-refractivity contribution >= 4 is 6.03 Å². The lowest BCUT2D eigenvalue weighted by Crippen LogP contribution is -2.50. The van der Waals surface area contributed by atoms with Gasteiger partial charge in [0.05, 0.1) is 6.61 Å². The Morgan fingerprint density at radius 1 is 1.40 bits per heavy atom. The molecule has 0 saturated carbocycles. The van der Waals surface area contributed by atoms with Crippen LogP contribution in [0, 0.1) is 5.92 Å². The maximum Gasteiger partial charge on any atom is 0.317 e. The fourth-order valence-electron chi connectivity index (χ4n) is 3.12. The molecule has 1 aromatic heterocycles. The summed E-state index contributed by atoms with van der Waals surface area (Å²) in [7, 11) is 1.59. The molecule has 2 aliphatic heterocycles. The summed E-state index contributed by atoms with van der Waals surface area (Å²) in [5.74, 6) is -2.57. The van der Waals surface area contributed by atoms with E-state index in [-0.39, 0.29) is 6.61 Å². The van der Waals surface area contributed by atoms with Gasteiger partial charge >= 0.3 is 6.03 Å². The van der Waals surface area contributed by atoms with E-state index < -0.39 is 24.6 Å². The second-order valence-electron chi connectivity index (χ2n) is 6.71. The lowest BCUT2D eigenvalue weighted by molar-refractivity contribution is -0.0222. The molecule has 2 fully saturated rings. The largest absolute Gasteiger partial charge is 0.381 e. The van der Waals surface area contributed by atoms with Crippen LogP contribution in [-0.2, 0) is 22.4 Å². The third kappa shape index (κ3) is 4.43. The van der Waals surface area contributed by atoms with E-state index >= 15 is 0 Å². The molecule has 6 nitrogen and oxygen atoms in total. The molecule has 1 N–H and O–H groups in total. The van der Waals surface area contributed by atoms with Gasteiger partial charge < -0.3 is 19.7 Å². The average molecular weight is 355 g/mol. The first kappa shape index (κ1) is 18.0. The molecule has 25 heavy (non-hydrogen) atoms. The van der Waals surface area contributed by atoms with E-state index in [4.69, 9.17) is 9.47 Å². The van der Waals surface area contributed by atoms with Crippen LogP contribution in [0.3, 0.4) is 0 Å². The molecule has 1 aromatic rings. The van der Waals surface area contributed by atoms with Gasteiger partial charge in [0.25, 0.3) is 5.92 Å². The highest BCUT2D eigenvalue weighted by molar-refractivity contribution is 5.74. The molecule has 2 aliphatic rings. The highest BCUT2D eigenvalue weighted by Gasteiger charge is 2.46. The molecule has 0 spiro atoms. The summed E-state index contributed by atoms with van der Waals surface area (Å²) in [6.45, 7) is 1.02. The van der Waals surface area contributed by atoms with Gasteiger partial charge in [-0.1, -0.05) is 0 Å². The molecule has 3 rings (SSSR count). The fourth-order valence-corrected chi connectivity index (χ4v) is 3.12. The Bertz CT molecular complexity index is 609. The molecule has 138 valence electrons. The number of alkyl halides is 2. The second-order valence-corrected chi connectivity index (χ2v) is 6.71. The minimum atomic E-state index is -3.03. The molecular weight excluding hydrogens is 332 g/mol. The topological polar surface area (TPSA) is 63.7 Å². The molecule has 3 heterocycles. The van der Waals surface area contributed by atoms with Gasteiger partial charge in [0, 0.05) is 39.2 Å². The molecule has 0 unspecified atom stereocenters. The average Bonchev–Trinajstić information content (AvgIpc) is 3.19. The van der Waals surface area contributed by atoms with Crippen LogP contribution in [0.1, 0.15) is 17.5 Å². The number of rotatable bonds is 5. The van der Waals surface area contributed by atoms with Crippen molar-refractivity contribution in [1.29, 1.82) is 0 Å². The van der Waals surface area contributed by atoms with Crippen molar-refractivity contribution in [3.63, 3.8) is 0 Å². The SMILES string of the molecule is CN(Cc1ccncc1C[C@H]1CCOC1)C(=O)N[C@H]1COCC1(F)F. The Labute approximate surface area is 145 Å². The number of urea groups is 1. The molecule has 2 saturated heterocycles. The Morgan fingerprint density at radius 3 is 2.92 bits per heavy atom. The van der Waals surface area contributed by atoms with Gasteiger partial charge in [-0.05, 0) is 36.0 Å². The third-order valence-electron chi connectivity index (χ3n) is 4.68. The Morgan fingerprint density at radius 2 is 2.24 bits per heavy atom. The number of hydrogen-bond donors (Lipinski definition) is 1. The molecule has 0 aromatic carbocycles. The summed E-state index contributed by atoms with van der Waals surface area (Å²) >= 11 is 0. The number of halogens is 2. The van der Waals surface area contributed by atoms with Crippen molar-refractivity contribution in [3.8, 4) is 0 Å². The summed E-state index contributed by atoms with van der Waals surface area (Å²) in [4.78, 5) is 17.8. The van der Waals surface area contributed by atoms with Crippen LogP contribution in [0.5, 0.6) is 0 Å². The maximum atomic E-state index is 13.6. The fraction of sp³-hybridized carbons (Fsp3) is 0.647. The highest BCUT2D eigenvalue weighted by Crippen LogP contribution is 2.25. The predicted molar refractivity (Wildman–Crippen MR) is 86.4 cm³/mol. The molecule has 2 amide bonds. The minimum absolute atomic E-state index is 0.172. The first-order chi connectivity index (χ1) is 12.0. The van der Waals surface area contributed by atoms with Crippen LogP contribution < -0.4 is 5.32 Å². The van der Waals surface area contributed by atoms with E-state index in [1.54, 1.807) is 19.4 Å². The van der Waals surface area contributed by atoms with E-state index in [9.17, 15) is 13.6 Å². The van der Waals surface area contributed by atoms with Gasteiger partial charge in [-0.25, -0.2) is 13.6 Å². The molecule has 0 radical (unpaired) electrons. The number of carbonyl (C=O) groups is 1. The van der Waals surface area contributed by atoms with Gasteiger partial charge in [0.2, 0.25) is 0 Å². The second kappa shape index (κ2) is 7.61. The number of hydrogen-bond acceptors (Lipinski definition) is 4. The van der Waals surface area contributed by atoms with Gasteiger partial charge in [0.1, 0.15) is 12.6 Å². The molecule has 8 heteroatoms. The zero-order valence-corrected chi connectivity index (χ0v) is 14.2. The number of aromatic nitrogens is 1. The quantitative estimate of drug-likeness (QED) is 0.875. The van der Waals surface area contributed by atoms with E-state index in [0.29, 0.717) is 12.5 Å². The summed E-state index contributed by atoms with van der Waals surface area (Å²) in [5, 5.41) is 2.36. The van der Waals surface area contributed by atoms with E-state index in [0.717, 1.165) is 37.2 Å². The molecule has 0 aliphatic carbocycles. The first-order valence-electron chi connectivity index (χ1n) is 8.42. The number of pyridine rings is 1. The van der Waals surface area contributed by atoms with Crippen molar-refractivity contribution in [3.05, 3.63) is 29.6 Å². The minimum Gasteiger partial charge on any atom is -0.381 e. The van der Waals surface area contributed by atoms with Crippen molar-refractivity contribution in [1.82, 2.24) is 15.2 Å².